The molecule has 0 radical (unpaired) electrons. The van der Waals surface area contributed by atoms with Crippen LogP contribution in [0.1, 0.15) is 63.4 Å². The Morgan fingerprint density at radius 1 is 1.09 bits per heavy atom. The summed E-state index contributed by atoms with van der Waals surface area (Å²) in [4.78, 5) is 12.5. The molecule has 1 N–H and O–H groups in total. The van der Waals surface area contributed by atoms with Crippen LogP contribution in [0.2, 0.25) is 10.0 Å². The Hall–Kier alpha value is -2.02. The first-order valence-corrected chi connectivity index (χ1v) is 12.6. The van der Waals surface area contributed by atoms with Crippen molar-refractivity contribution in [1.29, 1.82) is 0 Å². The molecule has 1 atom stereocenters. The molecule has 1 unspecified atom stereocenters. The molecule has 1 heterocycles. The summed E-state index contributed by atoms with van der Waals surface area (Å²) in [7, 11) is 0. The molecule has 0 bridgehead atoms. The maximum absolute atomic E-state index is 12.5. The lowest BCUT2D eigenvalue weighted by Gasteiger charge is -2.17. The van der Waals surface area contributed by atoms with E-state index in [4.69, 9.17) is 23.2 Å². The van der Waals surface area contributed by atoms with Crippen LogP contribution >= 0.6 is 35.0 Å². The summed E-state index contributed by atoms with van der Waals surface area (Å²) in [5, 5.41) is 13.7. The van der Waals surface area contributed by atoms with Gasteiger partial charge in [-0.2, -0.15) is 0 Å². The third-order valence-corrected chi connectivity index (χ3v) is 6.60. The second kappa shape index (κ2) is 12.3. The van der Waals surface area contributed by atoms with E-state index in [-0.39, 0.29) is 11.9 Å². The number of benzene rings is 2. The summed E-state index contributed by atoms with van der Waals surface area (Å²) >= 11 is 14.4. The van der Waals surface area contributed by atoms with Crippen LogP contribution in [-0.4, -0.2) is 20.7 Å². The Balaban J connectivity index is 1.84. The van der Waals surface area contributed by atoms with E-state index < -0.39 is 0 Å². The molecule has 1 aromatic heterocycles. The van der Waals surface area contributed by atoms with E-state index in [1.54, 1.807) is 30.0 Å². The molecule has 3 aromatic rings. The van der Waals surface area contributed by atoms with Crippen LogP contribution in [0.25, 0.3) is 5.69 Å². The standard InChI is InChI=1S/C24H28Cl2N4OS/c1-3-4-5-9-12-22(31)27-17(2)23-28-29-24(32-16-18-10-7-6-8-11-18)30(23)21-15-19(25)13-14-20(21)26/h6-8,10-11,13-15,17H,3-5,9,12,16H2,1-2H3,(H,27,31). The first-order valence-electron chi connectivity index (χ1n) is 10.9. The van der Waals surface area contributed by atoms with Crippen LogP contribution in [0.3, 0.4) is 0 Å². The van der Waals surface area contributed by atoms with E-state index in [0.29, 0.717) is 33.1 Å². The average Bonchev–Trinajstić information content (AvgIpc) is 3.21. The largest absolute Gasteiger partial charge is 0.346 e. The van der Waals surface area contributed by atoms with Gasteiger partial charge in [-0.1, -0.05) is 91.5 Å². The molecule has 0 saturated heterocycles. The summed E-state index contributed by atoms with van der Waals surface area (Å²) in [6.07, 6.45) is 4.74. The highest BCUT2D eigenvalue weighted by Crippen LogP contribution is 2.32. The first-order chi connectivity index (χ1) is 15.5. The van der Waals surface area contributed by atoms with Gasteiger partial charge in [-0.15, -0.1) is 10.2 Å². The summed E-state index contributed by atoms with van der Waals surface area (Å²) in [6, 6.07) is 15.1. The maximum atomic E-state index is 12.5. The summed E-state index contributed by atoms with van der Waals surface area (Å²) in [6.45, 7) is 4.07. The highest BCUT2D eigenvalue weighted by molar-refractivity contribution is 7.98. The zero-order chi connectivity index (χ0) is 22.9. The third-order valence-electron chi connectivity index (χ3n) is 5.04. The minimum Gasteiger partial charge on any atom is -0.346 e. The van der Waals surface area contributed by atoms with Gasteiger partial charge in [0.1, 0.15) is 0 Å². The maximum Gasteiger partial charge on any atom is 0.220 e. The zero-order valence-electron chi connectivity index (χ0n) is 18.4. The number of rotatable bonds is 11. The molecule has 1 amide bonds. The number of thioether (sulfide) groups is 1. The lowest BCUT2D eigenvalue weighted by Crippen LogP contribution is -2.28. The van der Waals surface area contributed by atoms with Crippen molar-refractivity contribution in [3.8, 4) is 5.69 Å². The molecule has 3 rings (SSSR count). The molecule has 2 aromatic carbocycles. The van der Waals surface area contributed by atoms with E-state index >= 15 is 0 Å². The zero-order valence-corrected chi connectivity index (χ0v) is 20.7. The fourth-order valence-electron chi connectivity index (χ4n) is 3.35. The monoisotopic (exact) mass is 490 g/mol. The second-order valence-electron chi connectivity index (χ2n) is 7.65. The Kier molecular flexibility index (Phi) is 9.45. The van der Waals surface area contributed by atoms with Crippen LogP contribution in [0, 0.1) is 0 Å². The van der Waals surface area contributed by atoms with Crippen molar-refractivity contribution < 1.29 is 4.79 Å². The SMILES string of the molecule is CCCCCCC(=O)NC(C)c1nnc(SCc2ccccc2)n1-c1cc(Cl)ccc1Cl. The van der Waals surface area contributed by atoms with E-state index in [1.165, 1.54) is 5.56 Å². The van der Waals surface area contributed by atoms with Gasteiger partial charge in [0.05, 0.1) is 16.8 Å². The van der Waals surface area contributed by atoms with Crippen molar-refractivity contribution in [3.63, 3.8) is 0 Å². The highest BCUT2D eigenvalue weighted by Gasteiger charge is 2.22. The molecule has 5 nitrogen and oxygen atoms in total. The molecule has 0 aliphatic carbocycles. The van der Waals surface area contributed by atoms with E-state index in [9.17, 15) is 4.79 Å². The van der Waals surface area contributed by atoms with Gasteiger partial charge in [0.25, 0.3) is 0 Å². The first kappa shape index (κ1) is 24.6. The fourth-order valence-corrected chi connectivity index (χ4v) is 4.63. The van der Waals surface area contributed by atoms with Crippen molar-refractivity contribution in [3.05, 3.63) is 70.0 Å². The Morgan fingerprint density at radius 3 is 2.62 bits per heavy atom. The number of nitrogens with one attached hydrogen (secondary N) is 1. The summed E-state index contributed by atoms with van der Waals surface area (Å²) in [5.74, 6) is 1.36. The van der Waals surface area contributed by atoms with Gasteiger partial charge in [0.2, 0.25) is 5.91 Å². The third kappa shape index (κ3) is 6.74. The van der Waals surface area contributed by atoms with Crippen molar-refractivity contribution in [2.24, 2.45) is 0 Å². The van der Waals surface area contributed by atoms with Gasteiger partial charge in [-0.3, -0.25) is 9.36 Å². The predicted molar refractivity (Wildman–Crippen MR) is 133 cm³/mol. The lowest BCUT2D eigenvalue weighted by molar-refractivity contribution is -0.121. The summed E-state index contributed by atoms with van der Waals surface area (Å²) < 4.78 is 1.89. The summed E-state index contributed by atoms with van der Waals surface area (Å²) in [5.41, 5.74) is 1.87. The van der Waals surface area contributed by atoms with Crippen molar-refractivity contribution in [1.82, 2.24) is 20.1 Å². The Morgan fingerprint density at radius 2 is 1.88 bits per heavy atom. The van der Waals surface area contributed by atoms with Crippen LogP contribution in [0.4, 0.5) is 0 Å². The molecule has 0 spiro atoms. The highest BCUT2D eigenvalue weighted by atomic mass is 35.5. The number of aromatic nitrogens is 3. The smallest absolute Gasteiger partial charge is 0.220 e. The van der Waals surface area contributed by atoms with Crippen molar-refractivity contribution in [2.75, 3.05) is 0 Å². The van der Waals surface area contributed by atoms with Gasteiger partial charge in [-0.25, -0.2) is 0 Å². The Labute approximate surface area is 203 Å². The van der Waals surface area contributed by atoms with Gasteiger partial charge >= 0.3 is 0 Å². The number of carbonyl (C=O) groups is 1. The molecule has 0 aliphatic heterocycles. The number of unbranched alkanes of at least 4 members (excludes halogenated alkanes) is 3. The van der Waals surface area contributed by atoms with Crippen LogP contribution in [-0.2, 0) is 10.5 Å². The van der Waals surface area contributed by atoms with Gasteiger partial charge in [0, 0.05) is 17.2 Å². The minimum atomic E-state index is -0.331. The van der Waals surface area contributed by atoms with E-state index in [1.807, 2.05) is 29.7 Å². The van der Waals surface area contributed by atoms with Crippen molar-refractivity contribution in [2.45, 2.75) is 62.9 Å². The number of hydrogen-bond donors (Lipinski definition) is 1. The molecular formula is C24H28Cl2N4OS. The van der Waals surface area contributed by atoms with Crippen LogP contribution in [0.5, 0.6) is 0 Å². The average molecular weight is 491 g/mol. The Bertz CT molecular complexity index is 1030. The predicted octanol–water partition coefficient (Wildman–Crippen LogP) is 7.01. The van der Waals surface area contributed by atoms with Crippen molar-refractivity contribution >= 4 is 40.9 Å². The molecule has 0 fully saturated rings. The topological polar surface area (TPSA) is 59.8 Å². The number of hydrogen-bond acceptors (Lipinski definition) is 4. The van der Waals surface area contributed by atoms with E-state index in [0.717, 1.165) is 31.4 Å². The lowest BCUT2D eigenvalue weighted by atomic mass is 10.1. The van der Waals surface area contributed by atoms with E-state index in [2.05, 4.69) is 34.6 Å². The molecular weight excluding hydrogens is 463 g/mol. The minimum absolute atomic E-state index is 0.0128. The number of halogens is 2. The van der Waals surface area contributed by atoms with Gasteiger partial charge < -0.3 is 5.32 Å². The quantitative estimate of drug-likeness (QED) is 0.231. The van der Waals surface area contributed by atoms with Gasteiger partial charge in [0.15, 0.2) is 11.0 Å². The molecule has 0 saturated carbocycles. The van der Waals surface area contributed by atoms with Crippen LogP contribution in [0.15, 0.2) is 53.7 Å². The normalized spacial score (nSPS) is 12.0. The molecule has 8 heteroatoms. The number of carbonyl (C=O) groups excluding carboxylic acids is 1. The second-order valence-corrected chi connectivity index (χ2v) is 9.43. The van der Waals surface area contributed by atoms with Gasteiger partial charge in [-0.05, 0) is 37.1 Å². The number of amides is 1. The molecule has 32 heavy (non-hydrogen) atoms. The molecule has 0 aliphatic rings. The molecule has 170 valence electrons. The fraction of sp³-hybridized carbons (Fsp3) is 0.375. The number of nitrogens with zero attached hydrogens (tertiary/aromatic N) is 3. The van der Waals surface area contributed by atoms with Crippen LogP contribution < -0.4 is 5.32 Å².